The van der Waals surface area contributed by atoms with Gasteiger partial charge in [-0.2, -0.15) is 0 Å². The van der Waals surface area contributed by atoms with Gasteiger partial charge < -0.3 is 9.15 Å². The molecule has 1 aliphatic carbocycles. The van der Waals surface area contributed by atoms with Crippen molar-refractivity contribution in [1.82, 2.24) is 19.9 Å². The van der Waals surface area contributed by atoms with Gasteiger partial charge in [0.05, 0.1) is 5.39 Å². The summed E-state index contributed by atoms with van der Waals surface area (Å²) in [6.45, 7) is 0. The standard InChI is InChI=1S/C48H30N4O2/c1-2-11-30(12-3-1)46-50-47(52-48(51-46)45-44-38-14-5-7-21-40(38)54-42(44)27-28-49-45)31-25-23-29(24-26-31)32-15-8-17-34-33(32)16-9-18-35(34)36-19-10-22-41-43(36)37-13-4-6-20-39(37)53-41/h1-28,37,39H. The van der Waals surface area contributed by atoms with Crippen LogP contribution in [0.15, 0.2) is 174 Å². The lowest BCUT2D eigenvalue weighted by Crippen LogP contribution is -2.15. The summed E-state index contributed by atoms with van der Waals surface area (Å²) in [5, 5.41) is 4.25. The summed E-state index contributed by atoms with van der Waals surface area (Å²) in [4.78, 5) is 19.8. The lowest BCUT2D eigenvalue weighted by molar-refractivity contribution is 0.269. The molecule has 6 heteroatoms. The van der Waals surface area contributed by atoms with Crippen LogP contribution in [0, 0.1) is 0 Å². The zero-order valence-electron chi connectivity index (χ0n) is 28.9. The van der Waals surface area contributed by atoms with Gasteiger partial charge in [-0.25, -0.2) is 15.0 Å². The van der Waals surface area contributed by atoms with Crippen LogP contribution in [-0.2, 0) is 0 Å². The van der Waals surface area contributed by atoms with Crippen molar-refractivity contribution in [3.8, 4) is 62.3 Å². The topological polar surface area (TPSA) is 73.9 Å². The van der Waals surface area contributed by atoms with Crippen LogP contribution in [0.1, 0.15) is 11.5 Å². The van der Waals surface area contributed by atoms with E-state index < -0.39 is 0 Å². The van der Waals surface area contributed by atoms with Crippen molar-refractivity contribution >= 4 is 32.7 Å². The predicted molar refractivity (Wildman–Crippen MR) is 215 cm³/mol. The molecular weight excluding hydrogens is 665 g/mol. The van der Waals surface area contributed by atoms with Gasteiger partial charge in [-0.3, -0.25) is 4.98 Å². The maximum atomic E-state index is 6.36. The van der Waals surface area contributed by atoms with E-state index in [2.05, 4.69) is 103 Å². The number of pyridine rings is 1. The molecule has 6 aromatic carbocycles. The largest absolute Gasteiger partial charge is 0.485 e. The van der Waals surface area contributed by atoms with Crippen molar-refractivity contribution in [2.24, 2.45) is 0 Å². The Balaban J connectivity index is 1.01. The number of ether oxygens (including phenoxy) is 1. The van der Waals surface area contributed by atoms with Gasteiger partial charge >= 0.3 is 0 Å². The Morgan fingerprint density at radius 3 is 1.96 bits per heavy atom. The molecule has 0 saturated heterocycles. The fourth-order valence-corrected chi connectivity index (χ4v) is 8.09. The van der Waals surface area contributed by atoms with Crippen molar-refractivity contribution in [1.29, 1.82) is 0 Å². The first kappa shape index (κ1) is 30.4. The SMILES string of the molecule is C1=CC2Oc3cccc(-c4cccc5c(-c6ccc(-c7nc(-c8ccccc8)nc(-c8nccc9oc%10ccccc%10c89)n7)cc6)cccc45)c3C2C=C1. The predicted octanol–water partition coefficient (Wildman–Crippen LogP) is 11.6. The summed E-state index contributed by atoms with van der Waals surface area (Å²) >= 11 is 0. The number of fused-ring (bicyclic) bond motifs is 7. The first-order valence-corrected chi connectivity index (χ1v) is 18.1. The molecule has 254 valence electrons. The maximum Gasteiger partial charge on any atom is 0.183 e. The molecule has 0 spiro atoms. The van der Waals surface area contributed by atoms with Crippen LogP contribution in [-0.4, -0.2) is 26.0 Å². The van der Waals surface area contributed by atoms with Crippen molar-refractivity contribution in [3.05, 3.63) is 176 Å². The molecule has 2 atom stereocenters. The summed E-state index contributed by atoms with van der Waals surface area (Å²) in [6.07, 6.45) is 10.4. The van der Waals surface area contributed by atoms with Gasteiger partial charge in [-0.15, -0.1) is 0 Å². The molecule has 1 aliphatic heterocycles. The van der Waals surface area contributed by atoms with E-state index >= 15 is 0 Å². The molecule has 11 rings (SSSR count). The molecule has 2 unspecified atom stereocenters. The Bertz CT molecular complexity index is 2980. The first-order chi connectivity index (χ1) is 26.8. The molecule has 3 aromatic heterocycles. The van der Waals surface area contributed by atoms with Crippen LogP contribution in [0.25, 0.3) is 89.3 Å². The van der Waals surface area contributed by atoms with E-state index in [0.717, 1.165) is 49.9 Å². The minimum Gasteiger partial charge on any atom is -0.485 e. The van der Waals surface area contributed by atoms with Crippen LogP contribution in [0.4, 0.5) is 0 Å². The Hall–Kier alpha value is -7.18. The summed E-state index contributed by atoms with van der Waals surface area (Å²) in [6, 6.07) is 48.0. The van der Waals surface area contributed by atoms with Crippen molar-refractivity contribution in [3.63, 3.8) is 0 Å². The molecule has 2 aliphatic rings. The average Bonchev–Trinajstić information content (AvgIpc) is 3.82. The van der Waals surface area contributed by atoms with E-state index in [1.165, 1.54) is 27.5 Å². The van der Waals surface area contributed by atoms with E-state index in [1.54, 1.807) is 6.20 Å². The van der Waals surface area contributed by atoms with Crippen molar-refractivity contribution < 1.29 is 9.15 Å². The molecule has 9 aromatic rings. The molecule has 0 saturated carbocycles. The monoisotopic (exact) mass is 694 g/mol. The van der Waals surface area contributed by atoms with Crippen LogP contribution in [0.3, 0.4) is 0 Å². The van der Waals surface area contributed by atoms with E-state index in [0.29, 0.717) is 23.2 Å². The van der Waals surface area contributed by atoms with Crippen LogP contribution in [0.2, 0.25) is 0 Å². The molecule has 0 amide bonds. The number of benzene rings is 6. The Kier molecular flexibility index (Phi) is 6.89. The van der Waals surface area contributed by atoms with Crippen LogP contribution >= 0.6 is 0 Å². The highest BCUT2D eigenvalue weighted by atomic mass is 16.5. The van der Waals surface area contributed by atoms with Gasteiger partial charge in [-0.05, 0) is 57.3 Å². The summed E-state index contributed by atoms with van der Waals surface area (Å²) in [5.74, 6) is 2.81. The molecule has 4 heterocycles. The fourth-order valence-electron chi connectivity index (χ4n) is 8.09. The molecule has 54 heavy (non-hydrogen) atoms. The highest BCUT2D eigenvalue weighted by Gasteiger charge is 2.34. The van der Waals surface area contributed by atoms with Gasteiger partial charge in [0.1, 0.15) is 28.7 Å². The first-order valence-electron chi connectivity index (χ1n) is 18.1. The van der Waals surface area contributed by atoms with Crippen molar-refractivity contribution in [2.45, 2.75) is 12.0 Å². The summed E-state index contributed by atoms with van der Waals surface area (Å²) in [5.41, 5.74) is 9.92. The second-order valence-electron chi connectivity index (χ2n) is 13.7. The highest BCUT2D eigenvalue weighted by Crippen LogP contribution is 2.48. The number of nitrogens with zero attached hydrogens (tertiary/aromatic N) is 4. The number of aromatic nitrogens is 4. The fraction of sp³-hybridized carbons (Fsp3) is 0.0417. The molecule has 6 nitrogen and oxygen atoms in total. The van der Waals surface area contributed by atoms with E-state index in [4.69, 9.17) is 29.1 Å². The Morgan fingerprint density at radius 1 is 0.463 bits per heavy atom. The second-order valence-corrected chi connectivity index (χ2v) is 13.7. The van der Waals surface area contributed by atoms with Gasteiger partial charge in [0.15, 0.2) is 17.5 Å². The minimum absolute atomic E-state index is 0.0370. The normalized spacial score (nSPS) is 15.8. The number of allylic oxidation sites excluding steroid dienone is 2. The third-order valence-electron chi connectivity index (χ3n) is 10.6. The van der Waals surface area contributed by atoms with Gasteiger partial charge in [0.2, 0.25) is 0 Å². The third-order valence-corrected chi connectivity index (χ3v) is 10.6. The van der Waals surface area contributed by atoms with E-state index in [9.17, 15) is 0 Å². The molecular formula is C48H30N4O2. The number of rotatable bonds is 5. The maximum absolute atomic E-state index is 6.36. The smallest absolute Gasteiger partial charge is 0.183 e. The number of hydrogen-bond donors (Lipinski definition) is 0. The number of para-hydroxylation sites is 1. The lowest BCUT2D eigenvalue weighted by Gasteiger charge is -2.17. The van der Waals surface area contributed by atoms with Crippen molar-refractivity contribution in [2.75, 3.05) is 0 Å². The third kappa shape index (κ3) is 4.88. The molecule has 0 fully saturated rings. The van der Waals surface area contributed by atoms with Gasteiger partial charge in [0.25, 0.3) is 0 Å². The zero-order valence-corrected chi connectivity index (χ0v) is 28.9. The quantitative estimate of drug-likeness (QED) is 0.179. The van der Waals surface area contributed by atoms with E-state index in [-0.39, 0.29) is 12.0 Å². The summed E-state index contributed by atoms with van der Waals surface area (Å²) in [7, 11) is 0. The molecule has 0 bridgehead atoms. The second kappa shape index (κ2) is 12.2. The Morgan fingerprint density at radius 2 is 1.11 bits per heavy atom. The lowest BCUT2D eigenvalue weighted by atomic mass is 9.84. The minimum atomic E-state index is 0.0370. The van der Waals surface area contributed by atoms with E-state index in [1.807, 2.05) is 60.7 Å². The van der Waals surface area contributed by atoms with Gasteiger partial charge in [0, 0.05) is 34.2 Å². The number of furan rings is 1. The highest BCUT2D eigenvalue weighted by molar-refractivity contribution is 6.10. The zero-order chi connectivity index (χ0) is 35.6. The van der Waals surface area contributed by atoms with Gasteiger partial charge in [-0.1, -0.05) is 140 Å². The summed E-state index contributed by atoms with van der Waals surface area (Å²) < 4.78 is 12.5. The molecule has 0 radical (unpaired) electrons. The average molecular weight is 695 g/mol. The van der Waals surface area contributed by atoms with Crippen LogP contribution < -0.4 is 4.74 Å². The van der Waals surface area contributed by atoms with Crippen LogP contribution in [0.5, 0.6) is 5.75 Å². The Labute approximate surface area is 310 Å². The number of hydrogen-bond acceptors (Lipinski definition) is 6. The molecule has 0 N–H and O–H groups in total.